The van der Waals surface area contributed by atoms with Gasteiger partial charge in [-0.3, -0.25) is 14.9 Å². The molecule has 0 aliphatic carbocycles. The number of thiocarbonyl (C=S) groups is 1. The molecule has 2 rings (SSSR count). The van der Waals surface area contributed by atoms with Gasteiger partial charge in [-0.25, -0.2) is 0 Å². The van der Waals surface area contributed by atoms with E-state index in [0.717, 1.165) is 25.0 Å². The molecule has 0 saturated carbocycles. The molecule has 2 N–H and O–H groups in total. The normalized spacial score (nSPS) is 10.2. The predicted molar refractivity (Wildman–Crippen MR) is 120 cm³/mol. The van der Waals surface area contributed by atoms with E-state index in [2.05, 4.69) is 17.6 Å². The lowest BCUT2D eigenvalue weighted by atomic mass is 10.1. The van der Waals surface area contributed by atoms with Crippen LogP contribution in [-0.2, 0) is 0 Å². The first kappa shape index (κ1) is 22.4. The first-order valence-corrected chi connectivity index (χ1v) is 9.99. The Balaban J connectivity index is 1.94. The molecule has 2 amide bonds. The Morgan fingerprint density at radius 2 is 1.72 bits per heavy atom. The van der Waals surface area contributed by atoms with Crippen molar-refractivity contribution in [3.63, 3.8) is 0 Å². The lowest BCUT2D eigenvalue weighted by Crippen LogP contribution is -2.35. The lowest BCUT2D eigenvalue weighted by Gasteiger charge is -2.16. The quantitative estimate of drug-likeness (QED) is 0.504. The Bertz CT molecular complexity index is 851. The van der Waals surface area contributed by atoms with Crippen LogP contribution in [0.4, 0.5) is 5.69 Å². The second kappa shape index (κ2) is 11.2. The summed E-state index contributed by atoms with van der Waals surface area (Å²) < 4.78 is 5.65. The Kier molecular flexibility index (Phi) is 8.61. The number of anilines is 1. The first-order valence-electron chi connectivity index (χ1n) is 9.58. The highest BCUT2D eigenvalue weighted by Gasteiger charge is 2.14. The first-order chi connectivity index (χ1) is 13.9. The number of hydrogen-bond acceptors (Lipinski definition) is 4. The fraction of sp³-hybridized carbons (Fsp3) is 0.318. The Morgan fingerprint density at radius 1 is 1.03 bits per heavy atom. The molecule has 0 aromatic heterocycles. The monoisotopic (exact) mass is 413 g/mol. The lowest BCUT2D eigenvalue weighted by molar-refractivity contribution is 0.0828. The van der Waals surface area contributed by atoms with Crippen LogP contribution >= 0.6 is 12.2 Å². The van der Waals surface area contributed by atoms with Crippen LogP contribution in [0.5, 0.6) is 5.75 Å². The number of carbonyl (C=O) groups excluding carboxylic acids is 2. The van der Waals surface area contributed by atoms with Crippen LogP contribution in [0.15, 0.2) is 48.5 Å². The average molecular weight is 414 g/mol. The summed E-state index contributed by atoms with van der Waals surface area (Å²) in [6.45, 7) is 2.81. The zero-order chi connectivity index (χ0) is 21.2. The summed E-state index contributed by atoms with van der Waals surface area (Å²) in [4.78, 5) is 26.2. The number of carbonyl (C=O) groups is 2. The number of ether oxygens (including phenoxy) is 1. The van der Waals surface area contributed by atoms with E-state index in [1.165, 1.54) is 4.90 Å². The van der Waals surface area contributed by atoms with Gasteiger partial charge < -0.3 is 15.0 Å². The molecule has 0 aliphatic rings. The van der Waals surface area contributed by atoms with Crippen LogP contribution in [0.3, 0.4) is 0 Å². The summed E-state index contributed by atoms with van der Waals surface area (Å²) in [5.74, 6) is 0.239. The summed E-state index contributed by atoms with van der Waals surface area (Å²) in [5, 5.41) is 5.68. The van der Waals surface area contributed by atoms with Crippen LogP contribution in [0.1, 0.15) is 46.9 Å². The highest BCUT2D eigenvalue weighted by Crippen LogP contribution is 2.17. The molecular formula is C22H27N3O3S. The van der Waals surface area contributed by atoms with E-state index in [-0.39, 0.29) is 16.9 Å². The van der Waals surface area contributed by atoms with Crippen LogP contribution < -0.4 is 15.4 Å². The highest BCUT2D eigenvalue weighted by atomic mass is 32.1. The van der Waals surface area contributed by atoms with E-state index in [1.807, 2.05) is 0 Å². The van der Waals surface area contributed by atoms with Crippen molar-refractivity contribution in [2.45, 2.75) is 26.2 Å². The third-order valence-electron chi connectivity index (χ3n) is 4.17. The molecule has 0 bridgehead atoms. The van der Waals surface area contributed by atoms with Crippen molar-refractivity contribution in [2.75, 3.05) is 26.0 Å². The molecule has 0 unspecified atom stereocenters. The molecule has 2 aromatic carbocycles. The number of nitrogens with zero attached hydrogens (tertiary/aromatic N) is 1. The molecule has 0 radical (unpaired) electrons. The van der Waals surface area contributed by atoms with E-state index >= 15 is 0 Å². The molecular weight excluding hydrogens is 386 g/mol. The zero-order valence-corrected chi connectivity index (χ0v) is 17.8. The SMILES string of the molecule is CCCCCOc1ccc(C(=O)NC(=S)Nc2ccccc2C(=O)N(C)C)cc1. The third-order valence-corrected chi connectivity index (χ3v) is 4.38. The van der Waals surface area contributed by atoms with Gasteiger partial charge in [0.15, 0.2) is 5.11 Å². The third kappa shape index (κ3) is 6.87. The van der Waals surface area contributed by atoms with Gasteiger partial charge in [-0.2, -0.15) is 0 Å². The summed E-state index contributed by atoms with van der Waals surface area (Å²) in [7, 11) is 3.35. The van der Waals surface area contributed by atoms with Gasteiger partial charge in [-0.15, -0.1) is 0 Å². The fourth-order valence-corrected chi connectivity index (χ4v) is 2.80. The molecule has 0 saturated heterocycles. The average Bonchev–Trinajstić information content (AvgIpc) is 2.71. The Morgan fingerprint density at radius 3 is 2.38 bits per heavy atom. The van der Waals surface area contributed by atoms with Gasteiger partial charge in [0, 0.05) is 19.7 Å². The van der Waals surface area contributed by atoms with E-state index in [9.17, 15) is 9.59 Å². The van der Waals surface area contributed by atoms with Gasteiger partial charge in [0.25, 0.3) is 11.8 Å². The second-order valence-electron chi connectivity index (χ2n) is 6.73. The van der Waals surface area contributed by atoms with Crippen molar-refractivity contribution in [1.82, 2.24) is 10.2 Å². The van der Waals surface area contributed by atoms with Gasteiger partial charge in [-0.1, -0.05) is 31.9 Å². The van der Waals surface area contributed by atoms with Crippen molar-refractivity contribution >= 4 is 34.8 Å². The Labute approximate surface area is 177 Å². The molecule has 0 heterocycles. The van der Waals surface area contributed by atoms with Gasteiger partial charge >= 0.3 is 0 Å². The van der Waals surface area contributed by atoms with Crippen molar-refractivity contribution in [3.8, 4) is 5.75 Å². The van der Waals surface area contributed by atoms with E-state index in [4.69, 9.17) is 17.0 Å². The molecule has 0 atom stereocenters. The van der Waals surface area contributed by atoms with Crippen molar-refractivity contribution in [1.29, 1.82) is 0 Å². The maximum absolute atomic E-state index is 12.4. The largest absolute Gasteiger partial charge is 0.494 e. The van der Waals surface area contributed by atoms with Gasteiger partial charge in [0.2, 0.25) is 0 Å². The molecule has 7 heteroatoms. The fourth-order valence-electron chi connectivity index (χ4n) is 2.59. The minimum Gasteiger partial charge on any atom is -0.494 e. The Hall–Kier alpha value is -2.93. The highest BCUT2D eigenvalue weighted by molar-refractivity contribution is 7.80. The van der Waals surface area contributed by atoms with Crippen molar-refractivity contribution < 1.29 is 14.3 Å². The molecule has 0 fully saturated rings. The maximum Gasteiger partial charge on any atom is 0.257 e. The molecule has 0 spiro atoms. The number of nitrogens with one attached hydrogen (secondary N) is 2. The maximum atomic E-state index is 12.4. The number of unbranched alkanes of at least 4 members (excludes halogenated alkanes) is 2. The van der Waals surface area contributed by atoms with E-state index in [1.54, 1.807) is 62.6 Å². The van der Waals surface area contributed by atoms with Crippen LogP contribution in [-0.4, -0.2) is 42.5 Å². The van der Waals surface area contributed by atoms with Gasteiger partial charge in [0.05, 0.1) is 17.9 Å². The standard InChI is InChI=1S/C22H27N3O3S/c1-4-5-8-15-28-17-13-11-16(12-14-17)20(26)24-22(29)23-19-10-7-6-9-18(19)21(27)25(2)3/h6-7,9-14H,4-5,8,15H2,1-3H3,(H2,23,24,26,29). The minimum absolute atomic E-state index is 0.119. The van der Waals surface area contributed by atoms with E-state index in [0.29, 0.717) is 23.4 Å². The summed E-state index contributed by atoms with van der Waals surface area (Å²) >= 11 is 5.24. The zero-order valence-electron chi connectivity index (χ0n) is 17.0. The van der Waals surface area contributed by atoms with Crippen LogP contribution in [0.2, 0.25) is 0 Å². The van der Waals surface area contributed by atoms with Crippen molar-refractivity contribution in [3.05, 3.63) is 59.7 Å². The molecule has 29 heavy (non-hydrogen) atoms. The second-order valence-corrected chi connectivity index (χ2v) is 7.14. The van der Waals surface area contributed by atoms with Crippen molar-refractivity contribution in [2.24, 2.45) is 0 Å². The summed E-state index contributed by atoms with van der Waals surface area (Å²) in [6, 6.07) is 13.9. The predicted octanol–water partition coefficient (Wildman–Crippen LogP) is 4.08. The van der Waals surface area contributed by atoms with Crippen LogP contribution in [0, 0.1) is 0 Å². The number of para-hydroxylation sites is 1. The smallest absolute Gasteiger partial charge is 0.257 e. The van der Waals surface area contributed by atoms with E-state index < -0.39 is 0 Å². The number of rotatable bonds is 8. The number of benzene rings is 2. The minimum atomic E-state index is -0.337. The molecule has 6 nitrogen and oxygen atoms in total. The molecule has 154 valence electrons. The topological polar surface area (TPSA) is 70.7 Å². The molecule has 0 aliphatic heterocycles. The molecule has 2 aromatic rings. The van der Waals surface area contributed by atoms with Gasteiger partial charge in [-0.05, 0) is 55.0 Å². The number of amides is 2. The summed E-state index contributed by atoms with van der Waals surface area (Å²) in [5.41, 5.74) is 1.47. The summed E-state index contributed by atoms with van der Waals surface area (Å²) in [6.07, 6.45) is 3.29. The van der Waals surface area contributed by atoms with Crippen LogP contribution in [0.25, 0.3) is 0 Å². The van der Waals surface area contributed by atoms with Gasteiger partial charge in [0.1, 0.15) is 5.75 Å². The number of hydrogen-bond donors (Lipinski definition) is 2.